The van der Waals surface area contributed by atoms with E-state index in [0.29, 0.717) is 11.3 Å². The lowest BCUT2D eigenvalue weighted by Gasteiger charge is -2.07. The largest absolute Gasteiger partial charge is 0.291 e. The molecular formula is C17H18NO2P. The number of hydrogen-bond acceptors (Lipinski definition) is 3. The Balaban J connectivity index is 2.13. The molecule has 2 aromatic rings. The monoisotopic (exact) mass is 299 g/mol. The van der Waals surface area contributed by atoms with E-state index in [1.165, 1.54) is 11.1 Å². The lowest BCUT2D eigenvalue weighted by molar-refractivity contribution is 0.108. The number of nitrogens with one attached hydrogen (secondary N) is 1. The number of benzene rings is 2. The average molecular weight is 299 g/mol. The van der Waals surface area contributed by atoms with Gasteiger partial charge in [0.05, 0.1) is 5.70 Å². The molecule has 4 heteroatoms. The Morgan fingerprint density at radius 2 is 1.67 bits per heavy atom. The number of hydroxylamine groups is 1. The van der Waals surface area contributed by atoms with Crippen LogP contribution >= 0.6 is 8.58 Å². The normalized spacial score (nSPS) is 10.8. The molecule has 0 aliphatic carbocycles. The molecule has 0 aromatic heterocycles. The number of carbonyl (C=O) groups excluding carboxylic acids is 1. The highest BCUT2D eigenvalue weighted by atomic mass is 31.1. The second kappa shape index (κ2) is 6.66. The molecule has 2 aromatic carbocycles. The molecule has 0 radical (unpaired) electrons. The molecule has 2 N–H and O–H groups in total. The van der Waals surface area contributed by atoms with Crippen molar-refractivity contribution in [2.45, 2.75) is 13.8 Å². The highest BCUT2D eigenvalue weighted by molar-refractivity contribution is 7.66. The Hall–Kier alpha value is -1.96. The van der Waals surface area contributed by atoms with Crippen molar-refractivity contribution in [2.75, 3.05) is 0 Å². The van der Waals surface area contributed by atoms with Crippen molar-refractivity contribution in [3.05, 3.63) is 71.3 Å². The van der Waals surface area contributed by atoms with E-state index in [1.54, 1.807) is 24.3 Å². The maximum atomic E-state index is 12.3. The van der Waals surface area contributed by atoms with Crippen LogP contribution in [0.2, 0.25) is 0 Å². The Kier molecular flexibility index (Phi) is 4.89. The van der Waals surface area contributed by atoms with Crippen LogP contribution in [0.3, 0.4) is 0 Å². The van der Waals surface area contributed by atoms with Crippen molar-refractivity contribution in [3.63, 3.8) is 0 Å². The minimum absolute atomic E-state index is 0.104. The molecular weight excluding hydrogens is 281 g/mol. The molecule has 0 heterocycles. The van der Waals surface area contributed by atoms with Gasteiger partial charge in [-0.15, -0.1) is 0 Å². The van der Waals surface area contributed by atoms with Gasteiger partial charge in [0.2, 0.25) is 0 Å². The van der Waals surface area contributed by atoms with Gasteiger partial charge in [0, 0.05) is 5.56 Å². The van der Waals surface area contributed by atoms with Crippen LogP contribution in [0, 0.1) is 13.8 Å². The van der Waals surface area contributed by atoms with E-state index < -0.39 is 0 Å². The first-order valence-electron chi connectivity index (χ1n) is 6.59. The fourth-order valence-corrected chi connectivity index (χ4v) is 2.94. The van der Waals surface area contributed by atoms with Gasteiger partial charge in [0.25, 0.3) is 0 Å². The molecule has 0 amide bonds. The highest BCUT2D eigenvalue weighted by Gasteiger charge is 2.08. The van der Waals surface area contributed by atoms with Gasteiger partial charge in [-0.1, -0.05) is 49.0 Å². The van der Waals surface area contributed by atoms with Crippen LogP contribution < -0.4 is 10.8 Å². The van der Waals surface area contributed by atoms with E-state index in [2.05, 4.69) is 26.5 Å². The summed E-state index contributed by atoms with van der Waals surface area (Å²) in [4.78, 5) is 12.3. The molecule has 1 atom stereocenters. The van der Waals surface area contributed by atoms with E-state index in [1.807, 2.05) is 17.6 Å². The molecule has 0 saturated carbocycles. The van der Waals surface area contributed by atoms with Crippen LogP contribution in [0.4, 0.5) is 0 Å². The SMILES string of the molecule is C=C(NO)c1ccc(C(=O)Pc2ccc(C)c(C)c2)cc1. The van der Waals surface area contributed by atoms with Crippen LogP contribution in [0.5, 0.6) is 0 Å². The quantitative estimate of drug-likeness (QED) is 0.657. The fourth-order valence-electron chi connectivity index (χ4n) is 1.91. The van der Waals surface area contributed by atoms with Gasteiger partial charge < -0.3 is 0 Å². The predicted octanol–water partition coefficient (Wildman–Crippen LogP) is 3.40. The third-order valence-corrected chi connectivity index (χ3v) is 4.51. The average Bonchev–Trinajstić information content (AvgIpc) is 2.50. The van der Waals surface area contributed by atoms with Crippen molar-refractivity contribution in [1.29, 1.82) is 0 Å². The highest BCUT2D eigenvalue weighted by Crippen LogP contribution is 2.21. The predicted molar refractivity (Wildman–Crippen MR) is 88.6 cm³/mol. The number of hydrogen-bond donors (Lipinski definition) is 2. The molecule has 0 aliphatic heterocycles. The summed E-state index contributed by atoms with van der Waals surface area (Å²) in [5.74, 6) is 0. The maximum Gasteiger partial charge on any atom is 0.185 e. The Morgan fingerprint density at radius 3 is 2.24 bits per heavy atom. The zero-order valence-corrected chi connectivity index (χ0v) is 13.1. The standard InChI is InChI=1S/C17H18NO2P/c1-11-4-9-16(10-12(11)2)21-17(19)15-7-5-14(6-8-15)13(3)18-20/h4-10,18,20-21H,3H2,1-2H3. The van der Waals surface area contributed by atoms with E-state index in [0.717, 1.165) is 10.9 Å². The summed E-state index contributed by atoms with van der Waals surface area (Å²) in [6.07, 6.45) is 0. The number of carbonyl (C=O) groups is 1. The third-order valence-electron chi connectivity index (χ3n) is 3.40. The van der Waals surface area contributed by atoms with E-state index in [-0.39, 0.29) is 14.1 Å². The topological polar surface area (TPSA) is 49.3 Å². The maximum absolute atomic E-state index is 12.3. The fraction of sp³-hybridized carbons (Fsp3) is 0.118. The van der Waals surface area contributed by atoms with E-state index in [4.69, 9.17) is 5.21 Å². The van der Waals surface area contributed by atoms with Crippen molar-refractivity contribution in [1.82, 2.24) is 5.48 Å². The molecule has 0 fully saturated rings. The van der Waals surface area contributed by atoms with Crippen molar-refractivity contribution < 1.29 is 10.0 Å². The lowest BCUT2D eigenvalue weighted by Crippen LogP contribution is -2.05. The van der Waals surface area contributed by atoms with Gasteiger partial charge >= 0.3 is 0 Å². The molecule has 0 spiro atoms. The van der Waals surface area contributed by atoms with Crippen LogP contribution in [0.25, 0.3) is 5.70 Å². The van der Waals surface area contributed by atoms with Crippen molar-refractivity contribution in [3.8, 4) is 0 Å². The molecule has 108 valence electrons. The summed E-state index contributed by atoms with van der Waals surface area (Å²) in [5, 5.41) is 9.84. The second-order valence-electron chi connectivity index (χ2n) is 4.92. The van der Waals surface area contributed by atoms with Gasteiger partial charge in [-0.05, 0) is 44.4 Å². The van der Waals surface area contributed by atoms with Crippen molar-refractivity contribution >= 4 is 25.1 Å². The summed E-state index contributed by atoms with van der Waals surface area (Å²) in [5.41, 5.74) is 6.37. The van der Waals surface area contributed by atoms with Gasteiger partial charge in [-0.3, -0.25) is 15.5 Å². The van der Waals surface area contributed by atoms with Gasteiger partial charge in [0.1, 0.15) is 0 Å². The molecule has 3 nitrogen and oxygen atoms in total. The van der Waals surface area contributed by atoms with E-state index >= 15 is 0 Å². The number of rotatable bonds is 5. The first kappa shape index (κ1) is 15.4. The van der Waals surface area contributed by atoms with Crippen molar-refractivity contribution in [2.24, 2.45) is 0 Å². The smallest absolute Gasteiger partial charge is 0.185 e. The summed E-state index contributed by atoms with van der Waals surface area (Å²) < 4.78 is 0. The second-order valence-corrected chi connectivity index (χ2v) is 6.20. The van der Waals surface area contributed by atoms with Crippen LogP contribution in [-0.2, 0) is 0 Å². The summed E-state index contributed by atoms with van der Waals surface area (Å²) >= 11 is 0. The third kappa shape index (κ3) is 3.78. The van der Waals surface area contributed by atoms with Gasteiger partial charge in [-0.25, -0.2) is 0 Å². The lowest BCUT2D eigenvalue weighted by atomic mass is 10.1. The molecule has 2 rings (SSSR count). The summed E-state index contributed by atoms with van der Waals surface area (Å²) in [6.45, 7) is 7.77. The first-order chi connectivity index (χ1) is 10.0. The molecule has 21 heavy (non-hydrogen) atoms. The van der Waals surface area contributed by atoms with Gasteiger partial charge in [0.15, 0.2) is 5.52 Å². The molecule has 0 bridgehead atoms. The van der Waals surface area contributed by atoms with Crippen LogP contribution in [0.1, 0.15) is 27.0 Å². The summed E-state index contributed by atoms with van der Waals surface area (Å²) in [7, 11) is 0.114. The zero-order chi connectivity index (χ0) is 15.4. The Morgan fingerprint density at radius 1 is 1.05 bits per heavy atom. The van der Waals surface area contributed by atoms with E-state index in [9.17, 15) is 4.79 Å². The van der Waals surface area contributed by atoms with Crippen LogP contribution in [0.15, 0.2) is 49.0 Å². The van der Waals surface area contributed by atoms with Crippen LogP contribution in [-0.4, -0.2) is 10.7 Å². The minimum atomic E-state index is 0.104. The minimum Gasteiger partial charge on any atom is -0.291 e. The number of aryl methyl sites for hydroxylation is 2. The molecule has 0 saturated heterocycles. The molecule has 1 unspecified atom stereocenters. The first-order valence-corrected chi connectivity index (χ1v) is 7.59. The Labute approximate surface area is 126 Å². The summed E-state index contributed by atoms with van der Waals surface area (Å²) in [6, 6.07) is 13.2. The zero-order valence-electron chi connectivity index (χ0n) is 12.1. The molecule has 0 aliphatic rings. The Bertz CT molecular complexity index is 678. The van der Waals surface area contributed by atoms with Gasteiger partial charge in [-0.2, -0.15) is 0 Å².